The topological polar surface area (TPSA) is 120 Å². The molecule has 1 N–H and O–H groups in total. The van der Waals surface area contributed by atoms with E-state index in [1.54, 1.807) is 31.2 Å². The number of rotatable bonds is 6. The summed E-state index contributed by atoms with van der Waals surface area (Å²) in [5.74, 6) is 0.139. The summed E-state index contributed by atoms with van der Waals surface area (Å²) in [4.78, 5) is 31.3. The molecule has 0 amide bonds. The van der Waals surface area contributed by atoms with E-state index in [1.807, 2.05) is 0 Å². The van der Waals surface area contributed by atoms with Crippen LogP contribution >= 0.6 is 11.6 Å². The van der Waals surface area contributed by atoms with Gasteiger partial charge in [0, 0.05) is 17.2 Å². The minimum atomic E-state index is -0.753. The van der Waals surface area contributed by atoms with Gasteiger partial charge in [0.15, 0.2) is 11.5 Å². The van der Waals surface area contributed by atoms with Crippen molar-refractivity contribution in [3.63, 3.8) is 0 Å². The molecule has 0 fully saturated rings. The third-order valence-electron chi connectivity index (χ3n) is 3.90. The molecule has 0 aliphatic carbocycles. The molecule has 0 spiro atoms. The lowest BCUT2D eigenvalue weighted by Crippen LogP contribution is -2.11. The van der Waals surface area contributed by atoms with Gasteiger partial charge in [-0.15, -0.1) is 0 Å². The van der Waals surface area contributed by atoms with Crippen LogP contribution in [0.5, 0.6) is 0 Å². The Hall–Kier alpha value is -3.46. The number of ether oxygens (including phenoxy) is 1. The van der Waals surface area contributed by atoms with E-state index >= 15 is 0 Å². The Morgan fingerprint density at radius 3 is 2.79 bits per heavy atom. The highest BCUT2D eigenvalue weighted by atomic mass is 35.5. The van der Waals surface area contributed by atoms with Crippen molar-refractivity contribution in [2.24, 2.45) is 0 Å². The molecule has 0 aliphatic rings. The summed E-state index contributed by atoms with van der Waals surface area (Å²) in [5.41, 5.74) is 0.618. The van der Waals surface area contributed by atoms with Crippen molar-refractivity contribution in [2.45, 2.75) is 13.5 Å². The number of carbonyl (C=O) groups excluding carboxylic acids is 1. The smallest absolute Gasteiger partial charge is 0.358 e. The van der Waals surface area contributed by atoms with Crippen LogP contribution in [0.2, 0.25) is 5.02 Å². The third kappa shape index (κ3) is 3.94. The molecule has 0 aliphatic heterocycles. The second kappa shape index (κ2) is 8.05. The van der Waals surface area contributed by atoms with Crippen molar-refractivity contribution < 1.29 is 18.9 Å². The van der Waals surface area contributed by atoms with Gasteiger partial charge in [-0.1, -0.05) is 23.7 Å². The first kappa shape index (κ1) is 19.3. The van der Waals surface area contributed by atoms with Gasteiger partial charge in [0.05, 0.1) is 24.8 Å². The predicted octanol–water partition coefficient (Wildman–Crippen LogP) is 4.01. The predicted molar refractivity (Wildman–Crippen MR) is 101 cm³/mol. The summed E-state index contributed by atoms with van der Waals surface area (Å²) >= 11 is 6.26. The summed E-state index contributed by atoms with van der Waals surface area (Å²) in [6.45, 7) is 1.89. The Labute approximate surface area is 164 Å². The molecule has 0 atom stereocenters. The van der Waals surface area contributed by atoms with Crippen LogP contribution in [-0.4, -0.2) is 28.0 Å². The average molecular weight is 403 g/mol. The number of aromatic nitrogens is 2. The number of halogens is 1. The van der Waals surface area contributed by atoms with Crippen molar-refractivity contribution in [1.82, 2.24) is 9.97 Å². The van der Waals surface area contributed by atoms with Crippen LogP contribution in [-0.2, 0) is 11.3 Å². The van der Waals surface area contributed by atoms with Gasteiger partial charge in [-0.05, 0) is 19.1 Å². The van der Waals surface area contributed by atoms with Crippen LogP contribution < -0.4 is 5.32 Å². The fourth-order valence-corrected chi connectivity index (χ4v) is 2.68. The van der Waals surface area contributed by atoms with Crippen LogP contribution in [0.15, 0.2) is 41.0 Å². The molecule has 2 aromatic heterocycles. The molecule has 0 saturated carbocycles. The molecule has 144 valence electrons. The number of nitro groups is 1. The van der Waals surface area contributed by atoms with Gasteiger partial charge < -0.3 is 14.5 Å². The molecule has 10 heteroatoms. The quantitative estimate of drug-likeness (QED) is 0.373. The number of hydrogen-bond acceptors (Lipinski definition) is 8. The van der Waals surface area contributed by atoms with Crippen molar-refractivity contribution in [1.29, 1.82) is 0 Å². The fourth-order valence-electron chi connectivity index (χ4n) is 2.45. The SMILES string of the molecule is COC(=O)c1nc(-c2ccc(C)c([N+](=O)[O-])c2)nc(NCc2ccco2)c1Cl. The van der Waals surface area contributed by atoms with E-state index in [9.17, 15) is 14.9 Å². The molecular formula is C18H15ClN4O5. The Kier molecular flexibility index (Phi) is 5.55. The molecule has 0 radical (unpaired) electrons. The molecule has 3 rings (SSSR count). The summed E-state index contributed by atoms with van der Waals surface area (Å²) < 4.78 is 9.97. The van der Waals surface area contributed by atoms with Crippen molar-refractivity contribution in [3.05, 3.63) is 68.7 Å². The first-order chi connectivity index (χ1) is 13.4. The van der Waals surface area contributed by atoms with Crippen LogP contribution in [0.3, 0.4) is 0 Å². The highest BCUT2D eigenvalue weighted by molar-refractivity contribution is 6.35. The average Bonchev–Trinajstić information content (AvgIpc) is 3.20. The highest BCUT2D eigenvalue weighted by Gasteiger charge is 2.22. The number of anilines is 1. The van der Waals surface area contributed by atoms with Gasteiger partial charge in [0.2, 0.25) is 0 Å². The maximum absolute atomic E-state index is 12.1. The number of esters is 1. The summed E-state index contributed by atoms with van der Waals surface area (Å²) in [5, 5.41) is 14.2. The van der Waals surface area contributed by atoms with E-state index in [0.717, 1.165) is 0 Å². The van der Waals surface area contributed by atoms with E-state index in [-0.39, 0.29) is 34.6 Å². The molecule has 1 aromatic carbocycles. The number of benzene rings is 1. The minimum Gasteiger partial charge on any atom is -0.467 e. The number of nitro benzene ring substituents is 1. The van der Waals surface area contributed by atoms with Crippen LogP contribution in [0.1, 0.15) is 21.8 Å². The molecule has 2 heterocycles. The number of aryl methyl sites for hydroxylation is 1. The zero-order valence-electron chi connectivity index (χ0n) is 14.9. The molecule has 0 unspecified atom stereocenters. The van der Waals surface area contributed by atoms with E-state index in [0.29, 0.717) is 16.9 Å². The lowest BCUT2D eigenvalue weighted by Gasteiger charge is -2.11. The van der Waals surface area contributed by atoms with Gasteiger partial charge in [-0.3, -0.25) is 10.1 Å². The maximum atomic E-state index is 12.1. The van der Waals surface area contributed by atoms with Gasteiger partial charge in [-0.2, -0.15) is 0 Å². The number of nitrogens with zero attached hydrogens (tertiary/aromatic N) is 3. The van der Waals surface area contributed by atoms with E-state index in [2.05, 4.69) is 15.3 Å². The monoisotopic (exact) mass is 402 g/mol. The van der Waals surface area contributed by atoms with Crippen LogP contribution in [0.4, 0.5) is 11.5 Å². The number of nitrogens with one attached hydrogen (secondary N) is 1. The summed E-state index contributed by atoms with van der Waals surface area (Å²) in [6.07, 6.45) is 1.52. The Bertz CT molecular complexity index is 1040. The zero-order chi connectivity index (χ0) is 20.3. The molecule has 0 saturated heterocycles. The summed E-state index contributed by atoms with van der Waals surface area (Å²) in [6, 6.07) is 8.04. The number of carbonyl (C=O) groups is 1. The standard InChI is InChI=1S/C18H15ClN4O5/c1-10-5-6-11(8-13(10)23(25)26)16-21-15(18(24)27-2)14(19)17(22-16)20-9-12-4-3-7-28-12/h3-8H,9H2,1-2H3,(H,20,21,22). The van der Waals surface area contributed by atoms with Crippen LogP contribution in [0, 0.1) is 17.0 Å². The normalized spacial score (nSPS) is 10.5. The van der Waals surface area contributed by atoms with Gasteiger partial charge in [0.1, 0.15) is 16.6 Å². The number of furan rings is 1. The van der Waals surface area contributed by atoms with E-state index in [1.165, 1.54) is 19.4 Å². The van der Waals surface area contributed by atoms with Crippen molar-refractivity contribution in [2.75, 3.05) is 12.4 Å². The maximum Gasteiger partial charge on any atom is 0.358 e. The first-order valence-electron chi connectivity index (χ1n) is 8.08. The lowest BCUT2D eigenvalue weighted by molar-refractivity contribution is -0.385. The first-order valence-corrected chi connectivity index (χ1v) is 8.46. The van der Waals surface area contributed by atoms with Crippen molar-refractivity contribution >= 4 is 29.1 Å². The second-order valence-electron chi connectivity index (χ2n) is 5.74. The third-order valence-corrected chi connectivity index (χ3v) is 4.26. The minimum absolute atomic E-state index is 0.0243. The Balaban J connectivity index is 2.07. The molecule has 3 aromatic rings. The van der Waals surface area contributed by atoms with Gasteiger partial charge in [-0.25, -0.2) is 14.8 Å². The second-order valence-corrected chi connectivity index (χ2v) is 6.12. The Morgan fingerprint density at radius 1 is 1.36 bits per heavy atom. The van der Waals surface area contributed by atoms with E-state index in [4.69, 9.17) is 20.8 Å². The lowest BCUT2D eigenvalue weighted by atomic mass is 10.1. The largest absolute Gasteiger partial charge is 0.467 e. The summed E-state index contributed by atoms with van der Waals surface area (Å²) in [7, 11) is 1.20. The zero-order valence-corrected chi connectivity index (χ0v) is 15.7. The van der Waals surface area contributed by atoms with Gasteiger partial charge >= 0.3 is 5.97 Å². The Morgan fingerprint density at radius 2 is 2.14 bits per heavy atom. The van der Waals surface area contributed by atoms with Crippen molar-refractivity contribution in [3.8, 4) is 11.4 Å². The highest BCUT2D eigenvalue weighted by Crippen LogP contribution is 2.30. The molecule has 0 bridgehead atoms. The van der Waals surface area contributed by atoms with Gasteiger partial charge in [0.25, 0.3) is 5.69 Å². The molecule has 28 heavy (non-hydrogen) atoms. The number of methoxy groups -OCH3 is 1. The van der Waals surface area contributed by atoms with E-state index < -0.39 is 10.9 Å². The molecule has 9 nitrogen and oxygen atoms in total. The number of hydrogen-bond donors (Lipinski definition) is 1. The fraction of sp³-hybridized carbons (Fsp3) is 0.167. The van der Waals surface area contributed by atoms with Crippen LogP contribution in [0.25, 0.3) is 11.4 Å². The molecular weight excluding hydrogens is 388 g/mol.